The number of furan rings is 1. The van der Waals surface area contributed by atoms with Gasteiger partial charge in [-0.2, -0.15) is 0 Å². The summed E-state index contributed by atoms with van der Waals surface area (Å²) in [6.07, 6.45) is 0. The van der Waals surface area contributed by atoms with Gasteiger partial charge in [0.15, 0.2) is 0 Å². The van der Waals surface area contributed by atoms with Crippen LogP contribution < -0.4 is 0 Å². The van der Waals surface area contributed by atoms with Crippen LogP contribution in [0.3, 0.4) is 0 Å². The Kier molecular flexibility index (Phi) is 3.16. The third-order valence-corrected chi connectivity index (χ3v) is 6.70. The molecule has 0 atom stereocenters. The lowest BCUT2D eigenvalue weighted by molar-refractivity contribution is 0.669. The maximum absolute atomic E-state index is 6.56. The highest BCUT2D eigenvalue weighted by atomic mass is 35.5. The van der Waals surface area contributed by atoms with Gasteiger partial charge in [0.05, 0.1) is 5.02 Å². The molecule has 0 bridgehead atoms. The van der Waals surface area contributed by atoms with Crippen LogP contribution >= 0.6 is 22.9 Å². The molecule has 0 aliphatic heterocycles. The molecule has 1 nitrogen and oxygen atoms in total. The van der Waals surface area contributed by atoms with E-state index in [4.69, 9.17) is 16.0 Å². The van der Waals surface area contributed by atoms with Crippen LogP contribution in [0.4, 0.5) is 0 Å². The molecule has 3 heteroatoms. The molecular formula is C24H13ClOS. The molecular weight excluding hydrogens is 372 g/mol. The molecule has 128 valence electrons. The first-order valence-corrected chi connectivity index (χ1v) is 10.0. The van der Waals surface area contributed by atoms with Crippen LogP contribution in [0.1, 0.15) is 0 Å². The van der Waals surface area contributed by atoms with E-state index in [0.717, 1.165) is 32.5 Å². The van der Waals surface area contributed by atoms with Crippen molar-refractivity contribution in [3.8, 4) is 11.1 Å². The van der Waals surface area contributed by atoms with Crippen molar-refractivity contribution in [2.75, 3.05) is 0 Å². The number of fused-ring (bicyclic) bond motifs is 6. The highest BCUT2D eigenvalue weighted by Crippen LogP contribution is 2.44. The van der Waals surface area contributed by atoms with Crippen LogP contribution in [0, 0.1) is 0 Å². The molecule has 27 heavy (non-hydrogen) atoms. The zero-order chi connectivity index (χ0) is 18.0. The largest absolute Gasteiger partial charge is 0.456 e. The summed E-state index contributed by atoms with van der Waals surface area (Å²) < 4.78 is 8.69. The van der Waals surface area contributed by atoms with Crippen molar-refractivity contribution in [2.24, 2.45) is 0 Å². The first-order valence-electron chi connectivity index (χ1n) is 8.81. The maximum atomic E-state index is 6.56. The molecule has 0 aliphatic rings. The SMILES string of the molecule is Clc1cccc2oc3cccc(-c4cccc5c4sc4ccccc45)c3c12. The van der Waals surface area contributed by atoms with E-state index < -0.39 is 0 Å². The van der Waals surface area contributed by atoms with E-state index in [2.05, 4.69) is 54.6 Å². The van der Waals surface area contributed by atoms with E-state index in [1.165, 1.54) is 25.7 Å². The summed E-state index contributed by atoms with van der Waals surface area (Å²) in [5.41, 5.74) is 4.08. The zero-order valence-electron chi connectivity index (χ0n) is 14.2. The van der Waals surface area contributed by atoms with Gasteiger partial charge in [0, 0.05) is 36.5 Å². The first-order chi connectivity index (χ1) is 13.3. The second kappa shape index (κ2) is 5.59. The standard InChI is InChI=1S/C24H13ClOS/c25-18-10-5-12-20-23(18)22-15(7-4-11-19(22)26-20)17-9-3-8-16-14-6-1-2-13-21(14)27-24(16)17/h1-13H. The highest BCUT2D eigenvalue weighted by molar-refractivity contribution is 7.26. The highest BCUT2D eigenvalue weighted by Gasteiger charge is 2.17. The third kappa shape index (κ3) is 2.11. The maximum Gasteiger partial charge on any atom is 0.136 e. The van der Waals surface area contributed by atoms with E-state index in [9.17, 15) is 0 Å². The Bertz CT molecular complexity index is 1490. The lowest BCUT2D eigenvalue weighted by Crippen LogP contribution is -1.80. The summed E-state index contributed by atoms with van der Waals surface area (Å²) in [5, 5.41) is 5.40. The summed E-state index contributed by atoms with van der Waals surface area (Å²) in [6.45, 7) is 0. The molecule has 0 unspecified atom stereocenters. The Labute approximate surface area is 164 Å². The molecule has 0 saturated carbocycles. The van der Waals surface area contributed by atoms with Crippen molar-refractivity contribution in [1.82, 2.24) is 0 Å². The second-order valence-electron chi connectivity index (χ2n) is 6.67. The van der Waals surface area contributed by atoms with E-state index in [1.807, 2.05) is 35.6 Å². The van der Waals surface area contributed by atoms with Crippen molar-refractivity contribution < 1.29 is 4.42 Å². The minimum absolute atomic E-state index is 0.724. The van der Waals surface area contributed by atoms with Gasteiger partial charge in [-0.3, -0.25) is 0 Å². The van der Waals surface area contributed by atoms with Crippen molar-refractivity contribution in [3.63, 3.8) is 0 Å². The number of benzene rings is 4. The van der Waals surface area contributed by atoms with Crippen LogP contribution in [-0.4, -0.2) is 0 Å². The van der Waals surface area contributed by atoms with Crippen molar-refractivity contribution in [2.45, 2.75) is 0 Å². The fourth-order valence-corrected chi connectivity index (χ4v) is 5.50. The predicted octanol–water partition coefficient (Wildman–Crippen LogP) is 8.27. The summed E-state index contributed by atoms with van der Waals surface area (Å²) >= 11 is 8.40. The first kappa shape index (κ1) is 15.3. The molecule has 4 aromatic carbocycles. The molecule has 0 saturated heterocycles. The van der Waals surface area contributed by atoms with Gasteiger partial charge in [0.1, 0.15) is 11.2 Å². The zero-order valence-corrected chi connectivity index (χ0v) is 15.8. The monoisotopic (exact) mass is 384 g/mol. The quantitative estimate of drug-likeness (QED) is 0.278. The Morgan fingerprint density at radius 2 is 1.33 bits per heavy atom. The van der Waals surface area contributed by atoms with Gasteiger partial charge in [0.25, 0.3) is 0 Å². The van der Waals surface area contributed by atoms with Crippen molar-refractivity contribution in [3.05, 3.63) is 83.9 Å². The minimum Gasteiger partial charge on any atom is -0.456 e. The van der Waals surface area contributed by atoms with E-state index in [-0.39, 0.29) is 0 Å². The fourth-order valence-electron chi connectivity index (χ4n) is 4.01. The molecule has 0 radical (unpaired) electrons. The molecule has 0 amide bonds. The number of thiophene rings is 1. The Morgan fingerprint density at radius 1 is 0.630 bits per heavy atom. The molecule has 2 aromatic heterocycles. The third-order valence-electron chi connectivity index (χ3n) is 5.17. The number of hydrogen-bond donors (Lipinski definition) is 0. The minimum atomic E-state index is 0.724. The van der Waals surface area contributed by atoms with Gasteiger partial charge >= 0.3 is 0 Å². The molecule has 0 aliphatic carbocycles. The van der Waals surface area contributed by atoms with Crippen LogP contribution in [0.2, 0.25) is 5.02 Å². The van der Waals surface area contributed by atoms with Gasteiger partial charge in [-0.1, -0.05) is 66.2 Å². The molecule has 2 heterocycles. The van der Waals surface area contributed by atoms with Gasteiger partial charge in [-0.05, 0) is 29.8 Å². The molecule has 0 fully saturated rings. The van der Waals surface area contributed by atoms with Crippen LogP contribution in [0.15, 0.2) is 83.3 Å². The van der Waals surface area contributed by atoms with Crippen molar-refractivity contribution in [1.29, 1.82) is 0 Å². The molecule has 0 N–H and O–H groups in total. The Hall–Kier alpha value is -2.81. The van der Waals surface area contributed by atoms with Gasteiger partial charge in [0.2, 0.25) is 0 Å². The van der Waals surface area contributed by atoms with Crippen molar-refractivity contribution >= 4 is 65.0 Å². The van der Waals surface area contributed by atoms with E-state index in [1.54, 1.807) is 0 Å². The molecule has 6 rings (SSSR count). The molecule has 0 spiro atoms. The average molecular weight is 385 g/mol. The van der Waals surface area contributed by atoms with Gasteiger partial charge in [-0.15, -0.1) is 11.3 Å². The lowest BCUT2D eigenvalue weighted by Gasteiger charge is -2.06. The number of rotatable bonds is 1. The lowest BCUT2D eigenvalue weighted by atomic mass is 9.98. The summed E-state index contributed by atoms with van der Waals surface area (Å²) in [7, 11) is 0. The fraction of sp³-hybridized carbons (Fsp3) is 0. The summed E-state index contributed by atoms with van der Waals surface area (Å²) in [6, 6.07) is 27.2. The Morgan fingerprint density at radius 3 is 2.26 bits per heavy atom. The smallest absolute Gasteiger partial charge is 0.136 e. The van der Waals surface area contributed by atoms with Crippen LogP contribution in [0.5, 0.6) is 0 Å². The second-order valence-corrected chi connectivity index (χ2v) is 8.13. The molecule has 6 aromatic rings. The number of halogens is 1. The van der Waals surface area contributed by atoms with Gasteiger partial charge in [-0.25, -0.2) is 0 Å². The summed E-state index contributed by atoms with van der Waals surface area (Å²) in [5.74, 6) is 0. The number of hydrogen-bond acceptors (Lipinski definition) is 2. The van der Waals surface area contributed by atoms with Crippen LogP contribution in [-0.2, 0) is 0 Å². The topological polar surface area (TPSA) is 13.1 Å². The van der Waals surface area contributed by atoms with Crippen LogP contribution in [0.25, 0.3) is 53.2 Å². The van der Waals surface area contributed by atoms with E-state index >= 15 is 0 Å². The van der Waals surface area contributed by atoms with Gasteiger partial charge < -0.3 is 4.42 Å². The average Bonchev–Trinajstić information content (AvgIpc) is 3.26. The predicted molar refractivity (Wildman–Crippen MR) is 117 cm³/mol. The Balaban J connectivity index is 1.80. The normalized spacial score (nSPS) is 11.9. The van der Waals surface area contributed by atoms with E-state index in [0.29, 0.717) is 0 Å². The summed E-state index contributed by atoms with van der Waals surface area (Å²) in [4.78, 5) is 0.